The van der Waals surface area contributed by atoms with Gasteiger partial charge in [-0.05, 0) is 92.7 Å². The Morgan fingerprint density at radius 1 is 1.03 bits per heavy atom. The molecule has 1 saturated heterocycles. The van der Waals surface area contributed by atoms with E-state index in [4.69, 9.17) is 10.7 Å². The second-order valence-corrected chi connectivity index (χ2v) is 21.0. The maximum Gasteiger partial charge on any atom is 0.586 e. The molecule has 1 atom stereocenters. The number of nitrogens with two attached hydrogens (primary N) is 1. The monoisotopic (exact) mass is 1050 g/mol. The number of alkyl halides is 2. The van der Waals surface area contributed by atoms with Crippen LogP contribution in [0, 0.1) is 23.6 Å². The van der Waals surface area contributed by atoms with Crippen LogP contribution < -0.4 is 36.5 Å². The number of fused-ring (bicyclic) bond motifs is 3. The van der Waals surface area contributed by atoms with E-state index >= 15 is 4.39 Å². The third kappa shape index (κ3) is 12.3. The highest BCUT2D eigenvalue weighted by Gasteiger charge is 2.53. The van der Waals surface area contributed by atoms with E-state index in [1.165, 1.54) is 30.3 Å². The minimum Gasteiger partial charge on any atom is -0.395 e. The Hall–Kier alpha value is -6.48. The number of nitrogens with zero attached hydrogens (tertiary/aromatic N) is 7. The summed E-state index contributed by atoms with van der Waals surface area (Å²) in [5, 5.41) is 43.9. The van der Waals surface area contributed by atoms with Crippen molar-refractivity contribution in [3.63, 3.8) is 0 Å². The van der Waals surface area contributed by atoms with Gasteiger partial charge in [-0.15, -0.1) is 13.9 Å². The summed E-state index contributed by atoms with van der Waals surface area (Å²) in [6, 6.07) is 16.8. The number of hydrogen-bond acceptors (Lipinski definition) is 15. The van der Waals surface area contributed by atoms with Crippen molar-refractivity contribution in [1.29, 1.82) is 0 Å². The van der Waals surface area contributed by atoms with Crippen LogP contribution in [0.4, 0.5) is 24.7 Å². The largest absolute Gasteiger partial charge is 0.586 e. The lowest BCUT2D eigenvalue weighted by atomic mass is 9.90. The summed E-state index contributed by atoms with van der Waals surface area (Å²) in [7, 11) is 0. The zero-order valence-electron chi connectivity index (χ0n) is 42.2. The lowest BCUT2D eigenvalue weighted by Crippen LogP contribution is -2.43. The number of aromatic nitrogens is 6. The number of carbonyl (C=O) groups is 2. The first-order chi connectivity index (χ1) is 36.1. The molecule has 9 rings (SSSR count). The van der Waals surface area contributed by atoms with E-state index in [2.05, 4.69) is 69.7 Å². The molecule has 0 unspecified atom stereocenters. The average molecular weight is 1050 g/mol. The van der Waals surface area contributed by atoms with E-state index < -0.39 is 35.0 Å². The predicted octanol–water partition coefficient (Wildman–Crippen LogP) is 5.33. The fourth-order valence-corrected chi connectivity index (χ4v) is 10.2. The molecule has 0 bridgehead atoms. The normalized spacial score (nSPS) is 16.4. The van der Waals surface area contributed by atoms with Gasteiger partial charge in [-0.2, -0.15) is 0 Å². The topological polar surface area (TPSA) is 232 Å². The van der Waals surface area contributed by atoms with E-state index in [0.29, 0.717) is 83.3 Å². The summed E-state index contributed by atoms with van der Waals surface area (Å²) in [6.45, 7) is 10.5. The summed E-state index contributed by atoms with van der Waals surface area (Å²) in [5.41, 5.74) is 8.55. The van der Waals surface area contributed by atoms with E-state index in [9.17, 15) is 28.6 Å². The van der Waals surface area contributed by atoms with Gasteiger partial charge in [0.25, 0.3) is 0 Å². The molecular formula is C53H63F3N12O6S. The van der Waals surface area contributed by atoms with Gasteiger partial charge in [-0.1, -0.05) is 67.8 Å². The molecule has 398 valence electrons. The molecule has 1 aliphatic carbocycles. The zero-order valence-corrected chi connectivity index (χ0v) is 43.0. The Kier molecular flexibility index (Phi) is 16.2. The van der Waals surface area contributed by atoms with Crippen LogP contribution in [-0.4, -0.2) is 134 Å². The van der Waals surface area contributed by atoms with Crippen molar-refractivity contribution in [3.05, 3.63) is 88.9 Å². The summed E-state index contributed by atoms with van der Waals surface area (Å²) in [5.74, 6) is 6.15. The SMILES string of the molecule is CCCSc1nc(NCCN)c2nnn(Cc3ccc(C#CCNC(=O)C4CCN(CCNC[C@H](O)Cn5c(C(C)(C)CO)cc6cc(NC(=O)C7(c8ccc9c(c8)OC(F)(F)O9)CC7)c(F)cc65)CC4)cc3)c2n1. The second kappa shape index (κ2) is 22.8. The lowest BCUT2D eigenvalue weighted by Gasteiger charge is -2.31. The molecule has 3 aromatic heterocycles. The minimum absolute atomic E-state index is 0.00738. The van der Waals surface area contributed by atoms with Crippen molar-refractivity contribution >= 4 is 57.1 Å². The zero-order chi connectivity index (χ0) is 52.9. The number of likely N-dealkylation sites (tertiary alicyclic amines) is 1. The number of aliphatic hydroxyl groups is 2. The Bertz CT molecular complexity index is 3090. The number of halogens is 3. The number of ether oxygens (including phenoxy) is 2. The van der Waals surface area contributed by atoms with Gasteiger partial charge in [0.05, 0.1) is 49.0 Å². The van der Waals surface area contributed by atoms with Crippen LogP contribution in [0.1, 0.15) is 75.3 Å². The van der Waals surface area contributed by atoms with Crippen LogP contribution in [0.2, 0.25) is 0 Å². The van der Waals surface area contributed by atoms with Crippen molar-refractivity contribution in [2.45, 2.75) is 94.3 Å². The molecule has 18 nitrogen and oxygen atoms in total. The fraction of sp³-hybridized carbons (Fsp3) is 0.472. The summed E-state index contributed by atoms with van der Waals surface area (Å²) >= 11 is 1.59. The molecule has 3 aromatic carbocycles. The quantitative estimate of drug-likeness (QED) is 0.0197. The minimum atomic E-state index is -3.80. The molecule has 0 spiro atoms. The van der Waals surface area contributed by atoms with Gasteiger partial charge in [-0.3, -0.25) is 9.59 Å². The van der Waals surface area contributed by atoms with Crippen LogP contribution in [0.3, 0.4) is 0 Å². The van der Waals surface area contributed by atoms with Gasteiger partial charge in [0, 0.05) is 72.5 Å². The first kappa shape index (κ1) is 53.3. The fourth-order valence-electron chi connectivity index (χ4n) is 9.48. The molecule has 1 saturated carbocycles. The molecule has 2 amide bonds. The number of amides is 2. The van der Waals surface area contributed by atoms with Crippen molar-refractivity contribution in [2.24, 2.45) is 11.7 Å². The van der Waals surface area contributed by atoms with Crippen molar-refractivity contribution in [2.75, 3.05) is 75.4 Å². The third-order valence-corrected chi connectivity index (χ3v) is 14.9. The smallest absolute Gasteiger partial charge is 0.395 e. The molecule has 2 aliphatic heterocycles. The second-order valence-electron chi connectivity index (χ2n) is 20.0. The summed E-state index contributed by atoms with van der Waals surface area (Å²) in [4.78, 5) is 38.4. The van der Waals surface area contributed by atoms with E-state index in [1.54, 1.807) is 21.0 Å². The Labute approximate surface area is 436 Å². The molecule has 22 heteroatoms. The maximum atomic E-state index is 15.9. The number of hydrogen-bond donors (Lipinski definition) is 7. The number of anilines is 2. The highest BCUT2D eigenvalue weighted by atomic mass is 32.2. The molecule has 8 N–H and O–H groups in total. The van der Waals surface area contributed by atoms with Crippen LogP contribution in [0.5, 0.6) is 11.5 Å². The van der Waals surface area contributed by atoms with Crippen molar-refractivity contribution < 1.29 is 42.4 Å². The highest BCUT2D eigenvalue weighted by Crippen LogP contribution is 2.52. The van der Waals surface area contributed by atoms with Gasteiger partial charge in [0.2, 0.25) is 11.8 Å². The number of thioether (sulfide) groups is 1. The number of nitrogens with one attached hydrogen (secondary N) is 4. The number of benzene rings is 3. The van der Waals surface area contributed by atoms with Crippen LogP contribution >= 0.6 is 11.8 Å². The van der Waals surface area contributed by atoms with Gasteiger partial charge in [0.1, 0.15) is 5.82 Å². The van der Waals surface area contributed by atoms with Crippen molar-refractivity contribution in [1.82, 2.24) is 45.1 Å². The molecule has 0 radical (unpaired) electrons. The average Bonchev–Trinajstić information content (AvgIpc) is 3.89. The van der Waals surface area contributed by atoms with E-state index in [0.717, 1.165) is 55.8 Å². The molecule has 2 fully saturated rings. The standard InChI is InChI=1S/C53H63F3N12O6S/c1-4-24-75-50-62-46(59-19-17-57)45-47(63-50)68(65-64-45)30-34-9-7-33(8-10-34)6-5-18-60-48(71)35-13-21-66(22-14-35)23-20-58-29-38(70)31-67-41-28-39(54)40(25-36(41)26-44(67)51(2,3)32-69)61-49(72)52(15-16-52)37-11-12-42-43(27-37)74-53(55,56)73-42/h7-12,25-28,35,38,58,69-70H,4,13-24,29-32,57H2,1-3H3,(H,60,71)(H,61,72)(H,59,62,63)/t38-/m0/s1. The highest BCUT2D eigenvalue weighted by molar-refractivity contribution is 7.99. The Morgan fingerprint density at radius 3 is 2.53 bits per heavy atom. The van der Waals surface area contributed by atoms with Gasteiger partial charge < -0.3 is 56.2 Å². The Balaban J connectivity index is 0.712. The maximum absolute atomic E-state index is 15.9. The first-order valence-electron chi connectivity index (χ1n) is 25.4. The van der Waals surface area contributed by atoms with Crippen LogP contribution in [0.15, 0.2) is 65.8 Å². The molecule has 5 heterocycles. The van der Waals surface area contributed by atoms with Gasteiger partial charge in [0.15, 0.2) is 33.6 Å². The number of piperidine rings is 1. The number of aliphatic hydroxyl groups excluding tert-OH is 2. The van der Waals surface area contributed by atoms with Gasteiger partial charge in [-0.25, -0.2) is 19.0 Å². The number of carbonyl (C=O) groups excluding carboxylic acids is 2. The van der Waals surface area contributed by atoms with Gasteiger partial charge >= 0.3 is 6.29 Å². The summed E-state index contributed by atoms with van der Waals surface area (Å²) in [6.07, 6.45) is -1.36. The van der Waals surface area contributed by atoms with Crippen molar-refractivity contribution in [3.8, 4) is 23.3 Å². The molecule has 3 aliphatic rings. The lowest BCUT2D eigenvalue weighted by molar-refractivity contribution is -0.286. The van der Waals surface area contributed by atoms with Crippen LogP contribution in [0.25, 0.3) is 22.1 Å². The molecule has 6 aromatic rings. The van der Waals surface area contributed by atoms with Crippen LogP contribution in [-0.2, 0) is 33.5 Å². The number of rotatable bonds is 22. The summed E-state index contributed by atoms with van der Waals surface area (Å²) < 4.78 is 55.9. The third-order valence-electron chi connectivity index (χ3n) is 13.9. The van der Waals surface area contributed by atoms with E-state index in [1.807, 2.05) is 44.2 Å². The first-order valence-corrected chi connectivity index (χ1v) is 26.4. The predicted molar refractivity (Wildman–Crippen MR) is 279 cm³/mol. The molecular weight excluding hydrogens is 990 g/mol. The van der Waals surface area contributed by atoms with E-state index in [-0.39, 0.29) is 55.3 Å². The molecule has 75 heavy (non-hydrogen) atoms. The Morgan fingerprint density at radius 2 is 1.80 bits per heavy atom.